The van der Waals surface area contributed by atoms with Gasteiger partial charge in [0.25, 0.3) is 0 Å². The van der Waals surface area contributed by atoms with E-state index in [1.165, 1.54) is 12.5 Å². The molecule has 1 heterocycles. The standard InChI is InChI=1S/C14H17FN2S/c1-18-13-3-2-7-17(8-6-13)12-5-4-11(10-16)14(15)9-12/h4-5,9,13H,2-3,6-8H2,1H3. The number of rotatable bonds is 2. The second-order valence-electron chi connectivity index (χ2n) is 4.55. The highest BCUT2D eigenvalue weighted by atomic mass is 32.2. The lowest BCUT2D eigenvalue weighted by Gasteiger charge is -2.23. The molecule has 0 aliphatic carbocycles. The molecule has 1 atom stereocenters. The average molecular weight is 264 g/mol. The van der Waals surface area contributed by atoms with Crippen LogP contribution in [0.1, 0.15) is 24.8 Å². The monoisotopic (exact) mass is 264 g/mol. The van der Waals surface area contributed by atoms with Crippen molar-refractivity contribution in [3.05, 3.63) is 29.6 Å². The summed E-state index contributed by atoms with van der Waals surface area (Å²) < 4.78 is 13.6. The lowest BCUT2D eigenvalue weighted by molar-refractivity contribution is 0.622. The van der Waals surface area contributed by atoms with Gasteiger partial charge in [0.2, 0.25) is 0 Å². The fraction of sp³-hybridized carbons (Fsp3) is 0.500. The largest absolute Gasteiger partial charge is 0.371 e. The molecule has 4 heteroatoms. The van der Waals surface area contributed by atoms with Crippen LogP contribution in [0.4, 0.5) is 10.1 Å². The Bertz CT molecular complexity index is 456. The molecule has 2 rings (SSSR count). The first-order valence-corrected chi connectivity index (χ1v) is 7.51. The average Bonchev–Trinajstić information content (AvgIpc) is 2.63. The van der Waals surface area contributed by atoms with Gasteiger partial charge in [0.15, 0.2) is 0 Å². The van der Waals surface area contributed by atoms with Crippen molar-refractivity contribution in [1.29, 1.82) is 5.26 Å². The number of nitriles is 1. The topological polar surface area (TPSA) is 27.0 Å². The maximum atomic E-state index is 13.6. The van der Waals surface area contributed by atoms with E-state index in [9.17, 15) is 4.39 Å². The molecule has 0 spiro atoms. The number of hydrogen-bond acceptors (Lipinski definition) is 3. The van der Waals surface area contributed by atoms with Crippen LogP contribution in [0.15, 0.2) is 18.2 Å². The minimum absolute atomic E-state index is 0.121. The molecule has 1 aromatic rings. The highest BCUT2D eigenvalue weighted by molar-refractivity contribution is 7.99. The smallest absolute Gasteiger partial charge is 0.143 e. The van der Waals surface area contributed by atoms with Gasteiger partial charge in [0.1, 0.15) is 11.9 Å². The van der Waals surface area contributed by atoms with Gasteiger partial charge in [-0.3, -0.25) is 0 Å². The molecule has 1 fully saturated rings. The number of anilines is 1. The van der Waals surface area contributed by atoms with Gasteiger partial charge in [-0.05, 0) is 43.7 Å². The molecule has 1 aromatic carbocycles. The van der Waals surface area contributed by atoms with Crippen LogP contribution in [-0.4, -0.2) is 24.6 Å². The normalized spacial score (nSPS) is 20.3. The van der Waals surface area contributed by atoms with E-state index in [0.29, 0.717) is 0 Å². The van der Waals surface area contributed by atoms with Crippen LogP contribution in [0.2, 0.25) is 0 Å². The van der Waals surface area contributed by atoms with E-state index in [4.69, 9.17) is 5.26 Å². The molecule has 18 heavy (non-hydrogen) atoms. The minimum atomic E-state index is -0.416. The molecule has 96 valence electrons. The molecule has 0 bridgehead atoms. The Morgan fingerprint density at radius 1 is 1.39 bits per heavy atom. The summed E-state index contributed by atoms with van der Waals surface area (Å²) in [6.07, 6.45) is 5.67. The zero-order valence-electron chi connectivity index (χ0n) is 10.5. The summed E-state index contributed by atoms with van der Waals surface area (Å²) in [5.41, 5.74) is 1.02. The molecule has 0 radical (unpaired) electrons. The molecule has 0 aromatic heterocycles. The minimum Gasteiger partial charge on any atom is -0.371 e. The predicted molar refractivity (Wildman–Crippen MR) is 74.5 cm³/mol. The molecule has 1 aliphatic heterocycles. The van der Waals surface area contributed by atoms with Crippen LogP contribution >= 0.6 is 11.8 Å². The molecule has 0 N–H and O–H groups in total. The van der Waals surface area contributed by atoms with Crippen molar-refractivity contribution in [2.45, 2.75) is 24.5 Å². The zero-order valence-corrected chi connectivity index (χ0v) is 11.3. The van der Waals surface area contributed by atoms with Gasteiger partial charge < -0.3 is 4.90 Å². The van der Waals surface area contributed by atoms with Crippen molar-refractivity contribution in [1.82, 2.24) is 0 Å². The number of halogens is 1. The van der Waals surface area contributed by atoms with E-state index in [2.05, 4.69) is 11.2 Å². The highest BCUT2D eigenvalue weighted by Gasteiger charge is 2.17. The van der Waals surface area contributed by atoms with E-state index in [1.54, 1.807) is 6.07 Å². The van der Waals surface area contributed by atoms with Crippen LogP contribution in [0.25, 0.3) is 0 Å². The summed E-state index contributed by atoms with van der Waals surface area (Å²) >= 11 is 1.92. The van der Waals surface area contributed by atoms with Gasteiger partial charge in [-0.2, -0.15) is 17.0 Å². The maximum Gasteiger partial charge on any atom is 0.143 e. The van der Waals surface area contributed by atoms with Crippen LogP contribution in [0.3, 0.4) is 0 Å². The van der Waals surface area contributed by atoms with Crippen LogP contribution in [0, 0.1) is 17.1 Å². The Labute approximate surface area is 112 Å². The Morgan fingerprint density at radius 3 is 2.89 bits per heavy atom. The van der Waals surface area contributed by atoms with E-state index >= 15 is 0 Å². The maximum absolute atomic E-state index is 13.6. The molecule has 0 saturated carbocycles. The molecule has 2 nitrogen and oxygen atoms in total. The third kappa shape index (κ3) is 2.97. The summed E-state index contributed by atoms with van der Waals surface area (Å²) in [5, 5.41) is 9.45. The number of hydrogen-bond donors (Lipinski definition) is 0. The van der Waals surface area contributed by atoms with Gasteiger partial charge in [-0.25, -0.2) is 4.39 Å². The van der Waals surface area contributed by atoms with Gasteiger partial charge in [-0.15, -0.1) is 0 Å². The van der Waals surface area contributed by atoms with Gasteiger partial charge in [-0.1, -0.05) is 0 Å². The van der Waals surface area contributed by atoms with E-state index in [1.807, 2.05) is 23.9 Å². The van der Waals surface area contributed by atoms with Crippen LogP contribution < -0.4 is 4.90 Å². The molecule has 0 amide bonds. The van der Waals surface area contributed by atoms with Crippen molar-refractivity contribution >= 4 is 17.4 Å². The predicted octanol–water partition coefficient (Wildman–Crippen LogP) is 3.42. The molecule has 1 saturated heterocycles. The number of nitrogens with zero attached hydrogens (tertiary/aromatic N) is 2. The second-order valence-corrected chi connectivity index (χ2v) is 5.69. The first-order chi connectivity index (χ1) is 8.74. The molecular formula is C14H17FN2S. The van der Waals surface area contributed by atoms with Crippen molar-refractivity contribution in [3.63, 3.8) is 0 Å². The first kappa shape index (κ1) is 13.2. The summed E-state index contributed by atoms with van der Waals surface area (Å²) in [7, 11) is 0. The van der Waals surface area contributed by atoms with E-state index in [-0.39, 0.29) is 5.56 Å². The third-order valence-corrected chi connectivity index (χ3v) is 4.58. The van der Waals surface area contributed by atoms with E-state index < -0.39 is 5.82 Å². The van der Waals surface area contributed by atoms with Crippen molar-refractivity contribution in [2.24, 2.45) is 0 Å². The Kier molecular flexibility index (Phi) is 4.48. The summed E-state index contributed by atoms with van der Waals surface area (Å²) in [6, 6.07) is 6.76. The summed E-state index contributed by atoms with van der Waals surface area (Å²) in [4.78, 5) is 2.22. The van der Waals surface area contributed by atoms with Gasteiger partial charge in [0.05, 0.1) is 5.56 Å². The fourth-order valence-electron chi connectivity index (χ4n) is 2.35. The number of benzene rings is 1. The highest BCUT2D eigenvalue weighted by Crippen LogP contribution is 2.25. The zero-order chi connectivity index (χ0) is 13.0. The van der Waals surface area contributed by atoms with Crippen LogP contribution in [-0.2, 0) is 0 Å². The first-order valence-electron chi connectivity index (χ1n) is 6.22. The van der Waals surface area contributed by atoms with Gasteiger partial charge in [0, 0.05) is 24.0 Å². The van der Waals surface area contributed by atoms with Crippen molar-refractivity contribution in [3.8, 4) is 6.07 Å². The SMILES string of the molecule is CSC1CCCN(c2ccc(C#N)c(F)c2)CC1. The fourth-order valence-corrected chi connectivity index (χ4v) is 3.09. The van der Waals surface area contributed by atoms with Gasteiger partial charge >= 0.3 is 0 Å². The molecular weight excluding hydrogens is 247 g/mol. The lowest BCUT2D eigenvalue weighted by Crippen LogP contribution is -2.24. The Hall–Kier alpha value is -1.21. The van der Waals surface area contributed by atoms with Crippen molar-refractivity contribution < 1.29 is 4.39 Å². The molecule has 1 unspecified atom stereocenters. The quantitative estimate of drug-likeness (QED) is 0.819. The lowest BCUT2D eigenvalue weighted by atomic mass is 10.2. The third-order valence-electron chi connectivity index (χ3n) is 3.45. The summed E-state index contributed by atoms with van der Waals surface area (Å²) in [5.74, 6) is -0.416. The number of thioether (sulfide) groups is 1. The Balaban J connectivity index is 2.12. The Morgan fingerprint density at radius 2 is 2.22 bits per heavy atom. The summed E-state index contributed by atoms with van der Waals surface area (Å²) in [6.45, 7) is 1.94. The second kappa shape index (κ2) is 6.10. The van der Waals surface area contributed by atoms with Crippen LogP contribution in [0.5, 0.6) is 0 Å². The van der Waals surface area contributed by atoms with E-state index in [0.717, 1.165) is 36.9 Å². The van der Waals surface area contributed by atoms with Crippen molar-refractivity contribution in [2.75, 3.05) is 24.2 Å². The molecule has 1 aliphatic rings.